The Morgan fingerprint density at radius 3 is 2.26 bits per heavy atom. The highest BCUT2D eigenvalue weighted by Gasteiger charge is 2.40. The zero-order valence-electron chi connectivity index (χ0n) is 12.2. The van der Waals surface area contributed by atoms with Crippen molar-refractivity contribution in [2.75, 3.05) is 0 Å². The van der Waals surface area contributed by atoms with E-state index in [1.807, 2.05) is 11.8 Å². The van der Waals surface area contributed by atoms with E-state index in [-0.39, 0.29) is 29.9 Å². The number of carbonyl (C=O) groups excluding carboxylic acids is 2. The Balaban J connectivity index is 2.15. The minimum atomic E-state index is -0.360. The molecule has 0 radical (unpaired) electrons. The summed E-state index contributed by atoms with van der Waals surface area (Å²) in [6, 6.07) is -0.347. The quantitative estimate of drug-likeness (QED) is 0.833. The van der Waals surface area contributed by atoms with Gasteiger partial charge in [-0.15, -0.1) is 0 Å². The van der Waals surface area contributed by atoms with E-state index in [0.29, 0.717) is 6.42 Å². The van der Waals surface area contributed by atoms with Crippen LogP contribution in [0.3, 0.4) is 0 Å². The summed E-state index contributed by atoms with van der Waals surface area (Å²) in [6.07, 6.45) is 9.02. The Bertz CT molecular complexity index is 335. The summed E-state index contributed by atoms with van der Waals surface area (Å²) < 4.78 is 0. The van der Waals surface area contributed by atoms with Gasteiger partial charge in [-0.3, -0.25) is 9.59 Å². The molecule has 4 nitrogen and oxygen atoms in total. The number of rotatable bonds is 2. The van der Waals surface area contributed by atoms with E-state index in [2.05, 4.69) is 5.32 Å². The zero-order chi connectivity index (χ0) is 13.8. The van der Waals surface area contributed by atoms with Gasteiger partial charge >= 0.3 is 0 Å². The largest absolute Gasteiger partial charge is 0.343 e. The second-order valence-corrected chi connectivity index (χ2v) is 5.90. The fourth-order valence-corrected chi connectivity index (χ4v) is 3.40. The van der Waals surface area contributed by atoms with Crippen molar-refractivity contribution in [1.82, 2.24) is 10.2 Å². The smallest absolute Gasteiger partial charge is 0.245 e. The summed E-state index contributed by atoms with van der Waals surface area (Å²) >= 11 is 0. The topological polar surface area (TPSA) is 49.4 Å². The highest BCUT2D eigenvalue weighted by Crippen LogP contribution is 2.26. The molecule has 0 aromatic carbocycles. The molecule has 19 heavy (non-hydrogen) atoms. The molecule has 1 heterocycles. The van der Waals surface area contributed by atoms with Gasteiger partial charge in [0.2, 0.25) is 11.8 Å². The molecule has 2 unspecified atom stereocenters. The fourth-order valence-electron chi connectivity index (χ4n) is 3.40. The Morgan fingerprint density at radius 2 is 1.68 bits per heavy atom. The van der Waals surface area contributed by atoms with Gasteiger partial charge < -0.3 is 10.2 Å². The number of hydrogen-bond donors (Lipinski definition) is 1. The second kappa shape index (κ2) is 6.40. The molecule has 0 bridgehead atoms. The molecule has 1 saturated carbocycles. The van der Waals surface area contributed by atoms with Crippen LogP contribution in [0.4, 0.5) is 0 Å². The zero-order valence-corrected chi connectivity index (χ0v) is 12.2. The molecule has 0 aromatic rings. The third-order valence-corrected chi connectivity index (χ3v) is 4.48. The third-order valence-electron chi connectivity index (χ3n) is 4.48. The molecular formula is C15H26N2O2. The summed E-state index contributed by atoms with van der Waals surface area (Å²) in [5.74, 6) is 0.133. The molecular weight excluding hydrogens is 240 g/mol. The highest BCUT2D eigenvalue weighted by molar-refractivity contribution is 5.96. The molecule has 1 N–H and O–H groups in total. The Kier molecular flexibility index (Phi) is 4.83. The number of nitrogens with zero attached hydrogens (tertiary/aromatic N) is 1. The predicted molar refractivity (Wildman–Crippen MR) is 74.6 cm³/mol. The lowest BCUT2D eigenvalue weighted by molar-refractivity contribution is -0.152. The van der Waals surface area contributed by atoms with Gasteiger partial charge in [0.1, 0.15) is 12.1 Å². The van der Waals surface area contributed by atoms with E-state index in [4.69, 9.17) is 0 Å². The van der Waals surface area contributed by atoms with Crippen LogP contribution in [-0.4, -0.2) is 34.8 Å². The Labute approximate surface area is 115 Å². The molecule has 1 aliphatic carbocycles. The molecule has 1 saturated heterocycles. The van der Waals surface area contributed by atoms with Crippen LogP contribution in [0, 0.1) is 0 Å². The van der Waals surface area contributed by atoms with Crippen molar-refractivity contribution >= 4 is 11.8 Å². The molecule has 108 valence electrons. The van der Waals surface area contributed by atoms with Gasteiger partial charge in [-0.1, -0.05) is 39.0 Å². The maximum atomic E-state index is 12.4. The highest BCUT2D eigenvalue weighted by atomic mass is 16.2. The van der Waals surface area contributed by atoms with Crippen molar-refractivity contribution < 1.29 is 9.59 Å². The van der Waals surface area contributed by atoms with Crippen molar-refractivity contribution in [1.29, 1.82) is 0 Å². The van der Waals surface area contributed by atoms with Crippen LogP contribution in [0.15, 0.2) is 0 Å². The van der Waals surface area contributed by atoms with Crippen molar-refractivity contribution in [3.63, 3.8) is 0 Å². The first-order valence-corrected chi connectivity index (χ1v) is 7.77. The number of piperazine rings is 1. The third kappa shape index (κ3) is 3.10. The van der Waals surface area contributed by atoms with Crippen LogP contribution >= 0.6 is 0 Å². The molecule has 2 fully saturated rings. The van der Waals surface area contributed by atoms with E-state index in [1.54, 1.807) is 6.92 Å². The van der Waals surface area contributed by atoms with E-state index >= 15 is 0 Å². The number of carbonyl (C=O) groups is 2. The van der Waals surface area contributed by atoms with Gasteiger partial charge in [0.05, 0.1) is 0 Å². The summed E-state index contributed by atoms with van der Waals surface area (Å²) in [5, 5.41) is 2.80. The lowest BCUT2D eigenvalue weighted by atomic mass is 9.92. The lowest BCUT2D eigenvalue weighted by Crippen LogP contribution is -2.64. The summed E-state index contributed by atoms with van der Waals surface area (Å²) in [5.41, 5.74) is 0. The van der Waals surface area contributed by atoms with Crippen LogP contribution in [0.1, 0.15) is 65.2 Å². The predicted octanol–water partition coefficient (Wildman–Crippen LogP) is 2.22. The monoisotopic (exact) mass is 266 g/mol. The van der Waals surface area contributed by atoms with Gasteiger partial charge in [-0.05, 0) is 26.2 Å². The van der Waals surface area contributed by atoms with Gasteiger partial charge in [0.25, 0.3) is 0 Å². The Hall–Kier alpha value is -1.06. The normalized spacial score (nSPS) is 30.7. The van der Waals surface area contributed by atoms with Gasteiger partial charge in [0, 0.05) is 6.04 Å². The summed E-state index contributed by atoms with van der Waals surface area (Å²) in [4.78, 5) is 26.4. The average Bonchev–Trinajstić information content (AvgIpc) is 2.34. The molecule has 0 aromatic heterocycles. The molecule has 2 aliphatic rings. The van der Waals surface area contributed by atoms with Crippen molar-refractivity contribution in [3.05, 3.63) is 0 Å². The van der Waals surface area contributed by atoms with E-state index in [0.717, 1.165) is 12.8 Å². The van der Waals surface area contributed by atoms with E-state index < -0.39 is 0 Å². The van der Waals surface area contributed by atoms with Crippen LogP contribution in [-0.2, 0) is 9.59 Å². The fraction of sp³-hybridized carbons (Fsp3) is 0.867. The first-order chi connectivity index (χ1) is 9.15. The minimum Gasteiger partial charge on any atom is -0.343 e. The van der Waals surface area contributed by atoms with Crippen LogP contribution in [0.5, 0.6) is 0 Å². The average molecular weight is 266 g/mol. The summed E-state index contributed by atoms with van der Waals surface area (Å²) in [6.45, 7) is 3.78. The van der Waals surface area contributed by atoms with E-state index in [9.17, 15) is 9.59 Å². The number of nitrogens with one attached hydrogen (secondary N) is 1. The summed E-state index contributed by atoms with van der Waals surface area (Å²) in [7, 11) is 0. The molecule has 2 atom stereocenters. The molecule has 2 amide bonds. The van der Waals surface area contributed by atoms with Crippen LogP contribution < -0.4 is 5.32 Å². The molecule has 2 rings (SSSR count). The van der Waals surface area contributed by atoms with Crippen LogP contribution in [0.25, 0.3) is 0 Å². The number of hydrogen-bond acceptors (Lipinski definition) is 2. The first kappa shape index (κ1) is 14.4. The van der Waals surface area contributed by atoms with Crippen molar-refractivity contribution in [2.24, 2.45) is 0 Å². The maximum Gasteiger partial charge on any atom is 0.245 e. The van der Waals surface area contributed by atoms with Crippen molar-refractivity contribution in [3.8, 4) is 0 Å². The second-order valence-electron chi connectivity index (χ2n) is 5.90. The first-order valence-electron chi connectivity index (χ1n) is 7.77. The van der Waals surface area contributed by atoms with Crippen molar-refractivity contribution in [2.45, 2.75) is 83.3 Å². The van der Waals surface area contributed by atoms with Gasteiger partial charge in [-0.2, -0.15) is 0 Å². The Morgan fingerprint density at radius 1 is 1.11 bits per heavy atom. The lowest BCUT2D eigenvalue weighted by Gasteiger charge is -2.43. The van der Waals surface area contributed by atoms with Gasteiger partial charge in [0.15, 0.2) is 0 Å². The molecule has 4 heteroatoms. The van der Waals surface area contributed by atoms with Gasteiger partial charge in [-0.25, -0.2) is 0 Å². The SMILES string of the molecule is CCC1C(=O)NC(C)C(=O)N1C1CCCCCCC1. The molecule has 0 spiro atoms. The van der Waals surface area contributed by atoms with Crippen LogP contribution in [0.2, 0.25) is 0 Å². The molecule has 1 aliphatic heterocycles. The van der Waals surface area contributed by atoms with E-state index in [1.165, 1.54) is 32.1 Å². The standard InChI is InChI=1S/C15H26N2O2/c1-3-13-14(18)16-11(2)15(19)17(13)12-9-7-5-4-6-8-10-12/h11-13H,3-10H2,1-2H3,(H,16,18). The minimum absolute atomic E-state index is 0.0247. The maximum absolute atomic E-state index is 12.4. The number of amides is 2.